The van der Waals surface area contributed by atoms with E-state index in [0.29, 0.717) is 36.0 Å². The monoisotopic (exact) mass is 361 g/mol. The zero-order valence-electron chi connectivity index (χ0n) is 14.0. The highest BCUT2D eigenvalue weighted by Crippen LogP contribution is 2.17. The summed E-state index contributed by atoms with van der Waals surface area (Å²) in [4.78, 5) is 39.2. The Balaban J connectivity index is 1.65. The molecule has 0 radical (unpaired) electrons. The minimum absolute atomic E-state index is 0.0700. The molecule has 0 atom stereocenters. The number of hydrogen-bond donors (Lipinski definition) is 1. The summed E-state index contributed by atoms with van der Waals surface area (Å²) in [5, 5.41) is 0.372. The fourth-order valence-corrected chi connectivity index (χ4v) is 3.20. The van der Waals surface area contributed by atoms with E-state index in [9.17, 15) is 9.59 Å². The maximum Gasteiger partial charge on any atom is 0.255 e. The maximum atomic E-state index is 12.7. The van der Waals surface area contributed by atoms with Crippen molar-refractivity contribution in [2.24, 2.45) is 0 Å². The largest absolute Gasteiger partial charge is 0.337 e. The third kappa shape index (κ3) is 4.43. The fourth-order valence-electron chi connectivity index (χ4n) is 3.00. The highest BCUT2D eigenvalue weighted by molar-refractivity contribution is 6.33. The van der Waals surface area contributed by atoms with Gasteiger partial charge in [0.2, 0.25) is 0 Å². The molecule has 0 bridgehead atoms. The number of aromatic nitrogens is 3. The van der Waals surface area contributed by atoms with Gasteiger partial charge in [0.05, 0.1) is 16.3 Å². The van der Waals surface area contributed by atoms with Crippen molar-refractivity contribution < 1.29 is 4.79 Å². The molecule has 25 heavy (non-hydrogen) atoms. The Bertz CT molecular complexity index is 823. The Hall–Kier alpha value is -2.25. The molecule has 0 aromatic carbocycles. The molecule has 0 spiro atoms. The fraction of sp³-hybridized carbons (Fsp3) is 0.412. The molecule has 0 aliphatic carbocycles. The maximum absolute atomic E-state index is 12.7. The predicted octanol–water partition coefficient (Wildman–Crippen LogP) is 1.47. The lowest BCUT2D eigenvalue weighted by molar-refractivity contribution is 0.0761. The lowest BCUT2D eigenvalue weighted by Gasteiger charge is -2.22. The predicted molar refractivity (Wildman–Crippen MR) is 94.6 cm³/mol. The second kappa shape index (κ2) is 7.76. The number of nitrogens with one attached hydrogen (secondary N) is 1. The first-order chi connectivity index (χ1) is 12.0. The molecule has 3 rings (SSSR count). The number of nitrogens with zero attached hydrogens (tertiary/aromatic N) is 4. The van der Waals surface area contributed by atoms with Crippen LogP contribution in [0.4, 0.5) is 0 Å². The third-order valence-corrected chi connectivity index (χ3v) is 4.48. The van der Waals surface area contributed by atoms with Crippen LogP contribution < -0.4 is 5.56 Å². The van der Waals surface area contributed by atoms with Crippen molar-refractivity contribution in [1.29, 1.82) is 0 Å². The number of rotatable bonds is 3. The zero-order valence-corrected chi connectivity index (χ0v) is 14.8. The van der Waals surface area contributed by atoms with Gasteiger partial charge in [-0.15, -0.1) is 0 Å². The van der Waals surface area contributed by atoms with Crippen LogP contribution in [0.2, 0.25) is 5.02 Å². The van der Waals surface area contributed by atoms with Crippen molar-refractivity contribution >= 4 is 17.5 Å². The number of pyridine rings is 1. The minimum Gasteiger partial charge on any atom is -0.337 e. The number of aromatic amines is 1. The van der Waals surface area contributed by atoms with E-state index in [2.05, 4.69) is 19.9 Å². The van der Waals surface area contributed by atoms with Gasteiger partial charge in [-0.3, -0.25) is 19.5 Å². The molecular formula is C17H20ClN5O2. The first-order valence-electron chi connectivity index (χ1n) is 8.21. The highest BCUT2D eigenvalue weighted by atomic mass is 35.5. The molecule has 1 N–H and O–H groups in total. The first kappa shape index (κ1) is 17.6. The second-order valence-corrected chi connectivity index (χ2v) is 6.51. The van der Waals surface area contributed by atoms with Crippen LogP contribution in [0.5, 0.6) is 0 Å². The summed E-state index contributed by atoms with van der Waals surface area (Å²) in [5.74, 6) is 0.542. The summed E-state index contributed by atoms with van der Waals surface area (Å²) < 4.78 is 0. The number of H-pyrrole nitrogens is 1. The number of amides is 1. The van der Waals surface area contributed by atoms with E-state index in [0.717, 1.165) is 25.2 Å². The van der Waals surface area contributed by atoms with Gasteiger partial charge in [-0.25, -0.2) is 4.98 Å². The van der Waals surface area contributed by atoms with Crippen LogP contribution in [-0.2, 0) is 6.54 Å². The molecule has 2 aromatic heterocycles. The average Bonchev–Trinajstić information content (AvgIpc) is 2.79. The lowest BCUT2D eigenvalue weighted by atomic mass is 10.2. The molecule has 1 aliphatic heterocycles. The summed E-state index contributed by atoms with van der Waals surface area (Å²) in [6.45, 7) is 5.23. The van der Waals surface area contributed by atoms with Crippen molar-refractivity contribution in [2.75, 3.05) is 26.2 Å². The molecular weight excluding hydrogens is 342 g/mol. The average molecular weight is 362 g/mol. The van der Waals surface area contributed by atoms with Crippen LogP contribution in [0, 0.1) is 6.92 Å². The molecule has 0 saturated carbocycles. The zero-order chi connectivity index (χ0) is 17.8. The highest BCUT2D eigenvalue weighted by Gasteiger charge is 2.22. The van der Waals surface area contributed by atoms with Crippen LogP contribution in [-0.4, -0.2) is 56.8 Å². The van der Waals surface area contributed by atoms with Crippen LogP contribution >= 0.6 is 11.6 Å². The molecule has 132 valence electrons. The molecule has 1 amide bonds. The summed E-state index contributed by atoms with van der Waals surface area (Å²) in [6.07, 6.45) is 3.92. The van der Waals surface area contributed by atoms with E-state index in [-0.39, 0.29) is 11.5 Å². The lowest BCUT2D eigenvalue weighted by Crippen LogP contribution is -2.35. The molecule has 1 fully saturated rings. The number of carbonyl (C=O) groups is 1. The van der Waals surface area contributed by atoms with Crippen molar-refractivity contribution in [3.63, 3.8) is 0 Å². The Labute approximate surface area is 150 Å². The Kier molecular flexibility index (Phi) is 5.45. The molecule has 7 nitrogen and oxygen atoms in total. The molecule has 3 heterocycles. The van der Waals surface area contributed by atoms with E-state index < -0.39 is 0 Å². The standard InChI is InChI=1S/C17H20ClN5O2/c1-12-20-13(9-16(24)21-12)11-22-5-2-6-23(8-7-22)17(25)14-3-4-19-10-15(14)18/h3-4,9-10H,2,5-8,11H2,1H3,(H,20,21,24). The van der Waals surface area contributed by atoms with Gasteiger partial charge in [-0.05, 0) is 19.4 Å². The van der Waals surface area contributed by atoms with Crippen molar-refractivity contribution in [1.82, 2.24) is 24.8 Å². The first-order valence-corrected chi connectivity index (χ1v) is 8.59. The van der Waals surface area contributed by atoms with Crippen molar-refractivity contribution in [3.05, 3.63) is 57.0 Å². The van der Waals surface area contributed by atoms with Crippen molar-refractivity contribution in [2.45, 2.75) is 19.9 Å². The van der Waals surface area contributed by atoms with Gasteiger partial charge in [-0.1, -0.05) is 11.6 Å². The van der Waals surface area contributed by atoms with Gasteiger partial charge in [0, 0.05) is 51.2 Å². The molecule has 0 unspecified atom stereocenters. The molecule has 2 aromatic rings. The Morgan fingerprint density at radius 1 is 1.32 bits per heavy atom. The second-order valence-electron chi connectivity index (χ2n) is 6.10. The van der Waals surface area contributed by atoms with Crippen LogP contribution in [0.15, 0.2) is 29.3 Å². The Morgan fingerprint density at radius 2 is 2.16 bits per heavy atom. The normalized spacial score (nSPS) is 15.8. The van der Waals surface area contributed by atoms with Gasteiger partial charge in [0.25, 0.3) is 11.5 Å². The summed E-state index contributed by atoms with van der Waals surface area (Å²) >= 11 is 6.08. The summed E-state index contributed by atoms with van der Waals surface area (Å²) in [6, 6.07) is 3.17. The van der Waals surface area contributed by atoms with E-state index in [4.69, 9.17) is 11.6 Å². The van der Waals surface area contributed by atoms with Gasteiger partial charge < -0.3 is 9.88 Å². The number of aryl methyl sites for hydroxylation is 1. The Morgan fingerprint density at radius 3 is 2.92 bits per heavy atom. The van der Waals surface area contributed by atoms with Gasteiger partial charge in [-0.2, -0.15) is 0 Å². The SMILES string of the molecule is Cc1nc(CN2CCCN(C(=O)c3ccncc3Cl)CC2)cc(=O)[nH]1. The number of carbonyl (C=O) groups excluding carboxylic acids is 1. The quantitative estimate of drug-likeness (QED) is 0.895. The number of hydrogen-bond acceptors (Lipinski definition) is 5. The van der Waals surface area contributed by atoms with E-state index in [1.807, 2.05) is 4.90 Å². The van der Waals surface area contributed by atoms with Crippen molar-refractivity contribution in [3.8, 4) is 0 Å². The third-order valence-electron chi connectivity index (χ3n) is 4.18. The van der Waals surface area contributed by atoms with Crippen LogP contribution in [0.1, 0.15) is 28.3 Å². The van der Waals surface area contributed by atoms with E-state index >= 15 is 0 Å². The molecule has 1 aliphatic rings. The van der Waals surface area contributed by atoms with E-state index in [1.54, 1.807) is 19.2 Å². The molecule has 8 heteroatoms. The summed E-state index contributed by atoms with van der Waals surface area (Å²) in [7, 11) is 0. The van der Waals surface area contributed by atoms with Gasteiger partial charge >= 0.3 is 0 Å². The number of halogens is 1. The van der Waals surface area contributed by atoms with Crippen LogP contribution in [0.25, 0.3) is 0 Å². The summed E-state index contributed by atoms with van der Waals surface area (Å²) in [5.41, 5.74) is 1.09. The smallest absolute Gasteiger partial charge is 0.255 e. The van der Waals surface area contributed by atoms with Crippen LogP contribution in [0.3, 0.4) is 0 Å². The minimum atomic E-state index is -0.138. The molecule has 1 saturated heterocycles. The van der Waals surface area contributed by atoms with Gasteiger partial charge in [0.15, 0.2) is 0 Å². The van der Waals surface area contributed by atoms with E-state index in [1.165, 1.54) is 12.3 Å². The topological polar surface area (TPSA) is 82.2 Å². The van der Waals surface area contributed by atoms with Gasteiger partial charge in [0.1, 0.15) is 5.82 Å².